The van der Waals surface area contributed by atoms with Crippen molar-refractivity contribution in [2.24, 2.45) is 11.7 Å². The van der Waals surface area contributed by atoms with Crippen molar-refractivity contribution in [3.05, 3.63) is 0 Å². The normalized spacial score (nSPS) is 33.7. The summed E-state index contributed by atoms with van der Waals surface area (Å²) in [4.78, 5) is 14.0. The Morgan fingerprint density at radius 2 is 2.23 bits per heavy atom. The molecule has 5 N–H and O–H groups in total. The Bertz CT molecular complexity index is 390. The Labute approximate surface area is 137 Å². The third-order valence-corrected chi connectivity index (χ3v) is 4.18. The molecule has 8 heteroatoms. The molecule has 2 saturated heterocycles. The highest BCUT2D eigenvalue weighted by molar-refractivity contribution is 6.20. The highest BCUT2D eigenvalue weighted by Crippen LogP contribution is 2.20. The highest BCUT2D eigenvalue weighted by Gasteiger charge is 2.35. The van der Waals surface area contributed by atoms with Crippen LogP contribution < -0.4 is 21.7 Å². The lowest BCUT2D eigenvalue weighted by atomic mass is 10.1. The van der Waals surface area contributed by atoms with Crippen LogP contribution in [0, 0.1) is 5.92 Å². The van der Waals surface area contributed by atoms with E-state index in [1.54, 1.807) is 0 Å². The smallest absolute Gasteiger partial charge is 0.407 e. The van der Waals surface area contributed by atoms with E-state index in [4.69, 9.17) is 22.1 Å². The van der Waals surface area contributed by atoms with Crippen LogP contribution in [0.3, 0.4) is 0 Å². The van der Waals surface area contributed by atoms with E-state index in [1.807, 2.05) is 20.8 Å². The molecule has 7 nitrogen and oxygen atoms in total. The Kier molecular flexibility index (Phi) is 5.90. The number of halogens is 1. The van der Waals surface area contributed by atoms with Crippen LogP contribution in [0.5, 0.6) is 0 Å². The second-order valence-corrected chi connectivity index (χ2v) is 7.52. The maximum Gasteiger partial charge on any atom is 0.407 e. The molecule has 4 atom stereocenters. The van der Waals surface area contributed by atoms with Crippen molar-refractivity contribution in [2.75, 3.05) is 26.2 Å². The molecule has 0 aromatic carbocycles. The van der Waals surface area contributed by atoms with Crippen LogP contribution in [-0.4, -0.2) is 60.6 Å². The molecule has 22 heavy (non-hydrogen) atoms. The van der Waals surface area contributed by atoms with Crippen LogP contribution >= 0.6 is 11.6 Å². The monoisotopic (exact) mass is 333 g/mol. The number of hydrogen-bond donors (Lipinski definition) is 4. The predicted molar refractivity (Wildman–Crippen MR) is 86.5 cm³/mol. The number of amides is 1. The van der Waals surface area contributed by atoms with Crippen LogP contribution in [0.2, 0.25) is 0 Å². The lowest BCUT2D eigenvalue weighted by molar-refractivity contribution is 0.0518. The molecule has 4 unspecified atom stereocenters. The molecular weight excluding hydrogens is 306 g/mol. The topological polar surface area (TPSA) is 91.6 Å². The number of carbonyl (C=O) groups is 1. The summed E-state index contributed by atoms with van der Waals surface area (Å²) in [6.45, 7) is 8.74. The molecule has 1 amide bonds. The second kappa shape index (κ2) is 7.31. The minimum absolute atomic E-state index is 0.00700. The van der Waals surface area contributed by atoms with Gasteiger partial charge in [-0.1, -0.05) is 11.6 Å². The molecule has 2 rings (SSSR count). The summed E-state index contributed by atoms with van der Waals surface area (Å²) in [6, 6.07) is 0.00700. The van der Waals surface area contributed by atoms with Gasteiger partial charge in [-0.25, -0.2) is 4.79 Å². The van der Waals surface area contributed by atoms with E-state index in [0.29, 0.717) is 19.0 Å². The maximum atomic E-state index is 11.7. The van der Waals surface area contributed by atoms with E-state index >= 15 is 0 Å². The first-order valence-electron chi connectivity index (χ1n) is 7.84. The molecule has 2 fully saturated rings. The second-order valence-electron chi connectivity index (χ2n) is 7.08. The van der Waals surface area contributed by atoms with Gasteiger partial charge >= 0.3 is 6.09 Å². The standard InChI is InChI=1S/C14H28ClN5O2/c1-14(2,3)22-13(21)18-6-9-4-5-20(8-9)11-10(16)7-17-12(15)19-11/h9-12,17,19H,4-8,16H2,1-3H3,(H,18,21). The van der Waals surface area contributed by atoms with E-state index in [-0.39, 0.29) is 23.9 Å². The van der Waals surface area contributed by atoms with Gasteiger partial charge in [-0.15, -0.1) is 0 Å². The molecule has 0 bridgehead atoms. The van der Waals surface area contributed by atoms with Crippen molar-refractivity contribution >= 4 is 17.7 Å². The predicted octanol–water partition coefficient (Wildman–Crippen LogP) is 0.202. The number of alkyl halides is 1. The van der Waals surface area contributed by atoms with Crippen molar-refractivity contribution in [1.29, 1.82) is 0 Å². The Morgan fingerprint density at radius 1 is 1.50 bits per heavy atom. The fourth-order valence-corrected chi connectivity index (χ4v) is 3.10. The van der Waals surface area contributed by atoms with Crippen LogP contribution in [0.25, 0.3) is 0 Å². The zero-order valence-corrected chi connectivity index (χ0v) is 14.3. The van der Waals surface area contributed by atoms with Gasteiger partial charge in [-0.2, -0.15) is 0 Å². The summed E-state index contributed by atoms with van der Waals surface area (Å²) in [6.07, 6.45) is 0.750. The fraction of sp³-hybridized carbons (Fsp3) is 0.929. The zero-order valence-electron chi connectivity index (χ0n) is 13.6. The van der Waals surface area contributed by atoms with Gasteiger partial charge in [0.15, 0.2) is 0 Å². The quantitative estimate of drug-likeness (QED) is 0.436. The summed E-state index contributed by atoms with van der Waals surface area (Å²) in [5, 5.41) is 9.20. The average Bonchev–Trinajstić information content (AvgIpc) is 2.86. The molecule has 2 aliphatic heterocycles. The largest absolute Gasteiger partial charge is 0.444 e. The SMILES string of the molecule is CC(C)(C)OC(=O)NCC1CCN(C2NC(Cl)NCC2N)C1. The maximum absolute atomic E-state index is 11.7. The van der Waals surface area contributed by atoms with Gasteiger partial charge in [-0.05, 0) is 33.1 Å². The minimum Gasteiger partial charge on any atom is -0.444 e. The number of carbonyl (C=O) groups excluding carboxylic acids is 1. The number of alkyl carbamates (subject to hydrolysis) is 1. The first kappa shape index (κ1) is 17.7. The summed E-state index contributed by atoms with van der Waals surface area (Å²) in [5.74, 6) is 0.408. The van der Waals surface area contributed by atoms with Crippen molar-refractivity contribution in [3.63, 3.8) is 0 Å². The Morgan fingerprint density at radius 3 is 2.91 bits per heavy atom. The van der Waals surface area contributed by atoms with E-state index in [1.165, 1.54) is 0 Å². The van der Waals surface area contributed by atoms with Gasteiger partial charge in [0.25, 0.3) is 0 Å². The van der Waals surface area contributed by atoms with Gasteiger partial charge < -0.3 is 15.8 Å². The molecule has 0 spiro atoms. The molecule has 0 radical (unpaired) electrons. The minimum atomic E-state index is -0.465. The molecular formula is C14H28ClN5O2. The van der Waals surface area contributed by atoms with Crippen LogP contribution in [0.4, 0.5) is 4.79 Å². The third kappa shape index (κ3) is 5.24. The molecule has 0 aromatic heterocycles. The van der Waals surface area contributed by atoms with Crippen molar-refractivity contribution in [1.82, 2.24) is 20.9 Å². The number of likely N-dealkylation sites (tertiary alicyclic amines) is 1. The van der Waals surface area contributed by atoms with Crippen LogP contribution in [-0.2, 0) is 4.74 Å². The van der Waals surface area contributed by atoms with E-state index in [9.17, 15) is 4.79 Å². The van der Waals surface area contributed by atoms with E-state index in [2.05, 4.69) is 20.9 Å². The molecule has 0 saturated carbocycles. The number of ether oxygens (including phenoxy) is 1. The first-order chi connectivity index (χ1) is 10.2. The number of nitrogens with zero attached hydrogens (tertiary/aromatic N) is 1. The number of rotatable bonds is 3. The summed E-state index contributed by atoms with van der Waals surface area (Å²) in [7, 11) is 0. The lowest BCUT2D eigenvalue weighted by Gasteiger charge is -2.39. The van der Waals surface area contributed by atoms with Crippen molar-refractivity contribution in [2.45, 2.75) is 50.6 Å². The third-order valence-electron chi connectivity index (χ3n) is 3.90. The highest BCUT2D eigenvalue weighted by atomic mass is 35.5. The number of nitrogens with one attached hydrogen (secondary N) is 3. The molecule has 2 aliphatic rings. The first-order valence-corrected chi connectivity index (χ1v) is 8.28. The summed E-state index contributed by atoms with van der Waals surface area (Å²) >= 11 is 6.08. The zero-order chi connectivity index (χ0) is 16.3. The van der Waals surface area contributed by atoms with Gasteiger partial charge in [0.05, 0.1) is 6.17 Å². The summed E-state index contributed by atoms with van der Waals surface area (Å²) in [5.41, 5.74) is 5.43. The fourth-order valence-electron chi connectivity index (χ4n) is 2.88. The van der Waals surface area contributed by atoms with Gasteiger partial charge in [-0.3, -0.25) is 15.5 Å². The van der Waals surface area contributed by atoms with Gasteiger partial charge in [0, 0.05) is 32.2 Å². The average molecular weight is 334 g/mol. The van der Waals surface area contributed by atoms with Crippen LogP contribution in [0.1, 0.15) is 27.2 Å². The van der Waals surface area contributed by atoms with Crippen LogP contribution in [0.15, 0.2) is 0 Å². The summed E-state index contributed by atoms with van der Waals surface area (Å²) < 4.78 is 5.25. The Hall–Kier alpha value is -0.600. The van der Waals surface area contributed by atoms with E-state index < -0.39 is 5.60 Å². The molecule has 0 aromatic rings. The molecule has 0 aliphatic carbocycles. The number of nitrogens with two attached hydrogens (primary N) is 1. The lowest BCUT2D eigenvalue weighted by Crippen LogP contribution is -2.67. The Balaban J connectivity index is 1.74. The number of hydrogen-bond acceptors (Lipinski definition) is 6. The van der Waals surface area contributed by atoms with Crippen molar-refractivity contribution < 1.29 is 9.53 Å². The van der Waals surface area contributed by atoms with Crippen molar-refractivity contribution in [3.8, 4) is 0 Å². The molecule has 128 valence electrons. The van der Waals surface area contributed by atoms with E-state index in [0.717, 1.165) is 19.5 Å². The molecule has 2 heterocycles. The van der Waals surface area contributed by atoms with Gasteiger partial charge in [0.1, 0.15) is 11.2 Å². The van der Waals surface area contributed by atoms with Gasteiger partial charge in [0.2, 0.25) is 0 Å².